The van der Waals surface area contributed by atoms with E-state index >= 15 is 0 Å². The Morgan fingerprint density at radius 2 is 2.00 bits per heavy atom. The lowest BCUT2D eigenvalue weighted by atomic mass is 10.2. The van der Waals surface area contributed by atoms with Crippen LogP contribution in [0.15, 0.2) is 48.5 Å². The molecule has 0 atom stereocenters. The van der Waals surface area contributed by atoms with Gasteiger partial charge in [0.1, 0.15) is 11.6 Å². The van der Waals surface area contributed by atoms with Gasteiger partial charge in [-0.2, -0.15) is 4.37 Å². The van der Waals surface area contributed by atoms with E-state index in [2.05, 4.69) is 21.8 Å². The summed E-state index contributed by atoms with van der Waals surface area (Å²) in [7, 11) is 0. The molecule has 0 bridgehead atoms. The van der Waals surface area contributed by atoms with E-state index in [9.17, 15) is 5.11 Å². The van der Waals surface area contributed by atoms with Gasteiger partial charge >= 0.3 is 0 Å². The number of rotatable bonds is 3. The predicted molar refractivity (Wildman–Crippen MR) is 75.1 cm³/mol. The molecule has 0 spiro atoms. The van der Waals surface area contributed by atoms with Crippen LogP contribution >= 0.6 is 11.5 Å². The quantitative estimate of drug-likeness (QED) is 0.752. The summed E-state index contributed by atoms with van der Waals surface area (Å²) in [4.78, 5) is 0. The highest BCUT2D eigenvalue weighted by atomic mass is 32.1. The minimum Gasteiger partial charge on any atom is -0.508 e. The first-order chi connectivity index (χ1) is 8.83. The zero-order chi connectivity index (χ0) is 12.4. The van der Waals surface area contributed by atoms with Crippen LogP contribution in [-0.4, -0.2) is 9.48 Å². The van der Waals surface area contributed by atoms with Crippen LogP contribution in [0.5, 0.6) is 5.75 Å². The van der Waals surface area contributed by atoms with E-state index in [0.717, 1.165) is 16.8 Å². The molecule has 0 aliphatic carbocycles. The lowest BCUT2D eigenvalue weighted by Gasteiger charge is -2.04. The highest BCUT2D eigenvalue weighted by molar-refractivity contribution is 7.13. The lowest BCUT2D eigenvalue weighted by molar-refractivity contribution is 0.474. The minimum atomic E-state index is 0.289. The third kappa shape index (κ3) is 2.15. The van der Waals surface area contributed by atoms with Gasteiger partial charge in [-0.25, -0.2) is 0 Å². The molecule has 4 heteroatoms. The van der Waals surface area contributed by atoms with E-state index < -0.39 is 0 Å². The molecular weight excluding hydrogens is 244 g/mol. The molecule has 3 nitrogen and oxygen atoms in total. The molecule has 3 rings (SSSR count). The molecule has 18 heavy (non-hydrogen) atoms. The number of nitrogens with one attached hydrogen (secondary N) is 1. The van der Waals surface area contributed by atoms with Crippen LogP contribution in [0.1, 0.15) is 5.56 Å². The Kier molecular flexibility index (Phi) is 2.86. The molecule has 2 aromatic carbocycles. The second-order valence-electron chi connectivity index (χ2n) is 4.05. The van der Waals surface area contributed by atoms with Crippen molar-refractivity contribution in [2.75, 3.05) is 5.32 Å². The highest BCUT2D eigenvalue weighted by Crippen LogP contribution is 2.26. The van der Waals surface area contributed by atoms with Crippen molar-refractivity contribution in [3.05, 3.63) is 54.1 Å². The average Bonchev–Trinajstić information content (AvgIpc) is 2.80. The van der Waals surface area contributed by atoms with Crippen molar-refractivity contribution in [1.29, 1.82) is 0 Å². The van der Waals surface area contributed by atoms with Gasteiger partial charge in [-0.3, -0.25) is 0 Å². The van der Waals surface area contributed by atoms with Crippen molar-refractivity contribution in [1.82, 2.24) is 4.37 Å². The van der Waals surface area contributed by atoms with Gasteiger partial charge in [0.15, 0.2) is 0 Å². The SMILES string of the molecule is Oc1cccc(CNc2nsc3ccccc23)c1. The Hall–Kier alpha value is -2.07. The third-order valence-corrected chi connectivity index (χ3v) is 3.57. The number of aromatic nitrogens is 1. The maximum Gasteiger partial charge on any atom is 0.147 e. The Morgan fingerprint density at radius 1 is 1.11 bits per heavy atom. The van der Waals surface area contributed by atoms with E-state index in [0.29, 0.717) is 6.54 Å². The summed E-state index contributed by atoms with van der Waals surface area (Å²) >= 11 is 1.49. The summed E-state index contributed by atoms with van der Waals surface area (Å²) < 4.78 is 5.58. The number of phenolic OH excluding ortho intramolecular Hbond substituents is 1. The van der Waals surface area contributed by atoms with Gasteiger partial charge in [0.05, 0.1) is 4.70 Å². The molecule has 0 aliphatic rings. The first-order valence-corrected chi connectivity index (χ1v) is 6.46. The molecular formula is C14H12N2OS. The molecule has 0 radical (unpaired) electrons. The summed E-state index contributed by atoms with van der Waals surface area (Å²) in [5.74, 6) is 1.19. The zero-order valence-corrected chi connectivity index (χ0v) is 10.4. The van der Waals surface area contributed by atoms with Crippen molar-refractivity contribution in [3.63, 3.8) is 0 Å². The van der Waals surface area contributed by atoms with E-state index in [4.69, 9.17) is 0 Å². The van der Waals surface area contributed by atoms with E-state index in [1.807, 2.05) is 24.3 Å². The second-order valence-corrected chi connectivity index (χ2v) is 4.86. The Bertz CT molecular complexity index is 678. The largest absolute Gasteiger partial charge is 0.508 e. The standard InChI is InChI=1S/C14H12N2OS/c17-11-5-3-4-10(8-11)9-15-14-12-6-1-2-7-13(12)18-16-14/h1-8,17H,9H2,(H,15,16). The molecule has 90 valence electrons. The van der Waals surface area contributed by atoms with E-state index in [-0.39, 0.29) is 5.75 Å². The van der Waals surface area contributed by atoms with Crippen molar-refractivity contribution in [2.45, 2.75) is 6.54 Å². The third-order valence-electron chi connectivity index (χ3n) is 2.75. The molecule has 0 unspecified atom stereocenters. The van der Waals surface area contributed by atoms with Gasteiger partial charge in [-0.05, 0) is 41.4 Å². The van der Waals surface area contributed by atoms with Crippen molar-refractivity contribution < 1.29 is 5.11 Å². The molecule has 2 N–H and O–H groups in total. The van der Waals surface area contributed by atoms with Crippen LogP contribution in [0.25, 0.3) is 10.1 Å². The van der Waals surface area contributed by atoms with Gasteiger partial charge in [0.25, 0.3) is 0 Å². The number of hydrogen-bond acceptors (Lipinski definition) is 4. The summed E-state index contributed by atoms with van der Waals surface area (Å²) in [6.07, 6.45) is 0. The fourth-order valence-electron chi connectivity index (χ4n) is 1.87. The van der Waals surface area contributed by atoms with Gasteiger partial charge in [-0.1, -0.05) is 24.3 Å². The van der Waals surface area contributed by atoms with Crippen molar-refractivity contribution in [3.8, 4) is 5.75 Å². The van der Waals surface area contributed by atoms with Gasteiger partial charge in [-0.15, -0.1) is 0 Å². The summed E-state index contributed by atoms with van der Waals surface area (Å²) in [5, 5.41) is 13.8. The van der Waals surface area contributed by atoms with Crippen LogP contribution in [0.3, 0.4) is 0 Å². The Morgan fingerprint density at radius 3 is 2.89 bits per heavy atom. The van der Waals surface area contributed by atoms with Crippen LogP contribution < -0.4 is 5.32 Å². The monoisotopic (exact) mass is 256 g/mol. The van der Waals surface area contributed by atoms with Crippen molar-refractivity contribution >= 4 is 27.4 Å². The van der Waals surface area contributed by atoms with Crippen LogP contribution in [0, 0.1) is 0 Å². The molecule has 3 aromatic rings. The number of phenols is 1. The number of fused-ring (bicyclic) bond motifs is 1. The van der Waals surface area contributed by atoms with Gasteiger partial charge < -0.3 is 10.4 Å². The summed E-state index contributed by atoms with van der Waals surface area (Å²) in [6.45, 7) is 0.655. The minimum absolute atomic E-state index is 0.289. The number of anilines is 1. The fourth-order valence-corrected chi connectivity index (χ4v) is 2.62. The van der Waals surface area contributed by atoms with Gasteiger partial charge in [0.2, 0.25) is 0 Å². The number of hydrogen-bond donors (Lipinski definition) is 2. The summed E-state index contributed by atoms with van der Waals surface area (Å²) in [5.41, 5.74) is 1.03. The maximum atomic E-state index is 9.40. The molecule has 1 aromatic heterocycles. The van der Waals surface area contributed by atoms with Crippen molar-refractivity contribution in [2.24, 2.45) is 0 Å². The first kappa shape index (κ1) is 11.0. The smallest absolute Gasteiger partial charge is 0.147 e. The van der Waals surface area contributed by atoms with Crippen LogP contribution in [-0.2, 0) is 6.54 Å². The molecule has 0 saturated heterocycles. The van der Waals surface area contributed by atoms with Crippen LogP contribution in [0.4, 0.5) is 5.82 Å². The molecule has 0 fully saturated rings. The first-order valence-electron chi connectivity index (χ1n) is 5.69. The van der Waals surface area contributed by atoms with E-state index in [1.165, 1.54) is 16.2 Å². The Labute approximate surface area is 109 Å². The topological polar surface area (TPSA) is 45.1 Å². The molecule has 0 amide bonds. The lowest BCUT2D eigenvalue weighted by Crippen LogP contribution is -1.99. The average molecular weight is 256 g/mol. The molecule has 1 heterocycles. The molecule has 0 aliphatic heterocycles. The normalized spacial score (nSPS) is 10.7. The molecule has 0 saturated carbocycles. The maximum absolute atomic E-state index is 9.40. The summed E-state index contributed by atoms with van der Waals surface area (Å²) in [6, 6.07) is 15.4. The highest BCUT2D eigenvalue weighted by Gasteiger charge is 2.04. The fraction of sp³-hybridized carbons (Fsp3) is 0.0714. The number of nitrogens with zero attached hydrogens (tertiary/aromatic N) is 1. The number of benzene rings is 2. The van der Waals surface area contributed by atoms with E-state index in [1.54, 1.807) is 12.1 Å². The Balaban J connectivity index is 1.81. The number of aromatic hydroxyl groups is 1. The van der Waals surface area contributed by atoms with Gasteiger partial charge in [0, 0.05) is 11.9 Å². The van der Waals surface area contributed by atoms with Crippen LogP contribution in [0.2, 0.25) is 0 Å². The second kappa shape index (κ2) is 4.66. The predicted octanol–water partition coefficient (Wildman–Crippen LogP) is 3.61. The zero-order valence-electron chi connectivity index (χ0n) is 9.63.